The number of rotatable bonds is 11. The van der Waals surface area contributed by atoms with Gasteiger partial charge in [0.25, 0.3) is 0 Å². The molecule has 0 radical (unpaired) electrons. The zero-order chi connectivity index (χ0) is 20.4. The van der Waals surface area contributed by atoms with Gasteiger partial charge in [-0.1, -0.05) is 30.4 Å². The van der Waals surface area contributed by atoms with E-state index >= 15 is 0 Å². The van der Waals surface area contributed by atoms with Crippen LogP contribution >= 0.6 is 11.6 Å². The standard InChI is InChI=1S/C22H31ClO5/c1-2-27-22(26)12-6-4-3-5-10-17-18(20(25)13-19(17)23)15-28-21-11-8-7-9-16(21)14-24/h3,5,7-9,11,17-20,24-25H,2,4,6,10,12-15H2,1H3/b5-3-/t17-,18-,19-,20-/m1/s1. The van der Waals surface area contributed by atoms with Crippen molar-refractivity contribution in [1.82, 2.24) is 0 Å². The Balaban J connectivity index is 1.82. The van der Waals surface area contributed by atoms with Crippen LogP contribution in [0, 0.1) is 11.8 Å². The van der Waals surface area contributed by atoms with E-state index in [1.54, 1.807) is 6.92 Å². The molecule has 0 aliphatic heterocycles. The minimum atomic E-state index is -0.494. The first-order valence-corrected chi connectivity index (χ1v) is 10.4. The molecule has 0 saturated heterocycles. The zero-order valence-corrected chi connectivity index (χ0v) is 17.2. The van der Waals surface area contributed by atoms with Crippen LogP contribution in [0.4, 0.5) is 0 Å². The van der Waals surface area contributed by atoms with Crippen molar-refractivity contribution in [2.75, 3.05) is 13.2 Å². The Hall–Kier alpha value is -1.56. The predicted molar refractivity (Wildman–Crippen MR) is 109 cm³/mol. The maximum Gasteiger partial charge on any atom is 0.305 e. The average Bonchev–Trinajstić information content (AvgIpc) is 2.95. The molecule has 1 fully saturated rings. The Kier molecular flexibility index (Phi) is 9.82. The number of unbranched alkanes of at least 4 members (excludes halogenated alkanes) is 1. The first kappa shape index (κ1) is 22.7. The van der Waals surface area contributed by atoms with Crippen LogP contribution in [0.25, 0.3) is 0 Å². The smallest absolute Gasteiger partial charge is 0.305 e. The van der Waals surface area contributed by atoms with Gasteiger partial charge in [0, 0.05) is 23.3 Å². The van der Waals surface area contributed by atoms with Crippen LogP contribution in [0.1, 0.15) is 44.6 Å². The summed E-state index contributed by atoms with van der Waals surface area (Å²) in [7, 11) is 0. The van der Waals surface area contributed by atoms with E-state index in [9.17, 15) is 15.0 Å². The normalized spacial score (nSPS) is 24.6. The number of alkyl halides is 1. The molecule has 0 bridgehead atoms. The van der Waals surface area contributed by atoms with E-state index < -0.39 is 6.10 Å². The highest BCUT2D eigenvalue weighted by Gasteiger charge is 2.41. The molecule has 2 rings (SSSR count). The van der Waals surface area contributed by atoms with Crippen LogP contribution in [-0.2, 0) is 16.1 Å². The SMILES string of the molecule is CCOC(=O)CCC/C=C\C[C@@H]1[C@@H](COc2ccccc2CO)[C@H](O)C[C@H]1Cl. The Bertz CT molecular complexity index is 633. The Morgan fingerprint density at radius 1 is 1.29 bits per heavy atom. The van der Waals surface area contributed by atoms with Gasteiger partial charge in [-0.3, -0.25) is 4.79 Å². The molecule has 0 heterocycles. The zero-order valence-electron chi connectivity index (χ0n) is 16.4. The minimum absolute atomic E-state index is 0.0570. The lowest BCUT2D eigenvalue weighted by atomic mass is 9.92. The maximum atomic E-state index is 11.3. The Morgan fingerprint density at radius 3 is 2.82 bits per heavy atom. The molecule has 1 saturated carbocycles. The molecule has 1 aliphatic rings. The fraction of sp³-hybridized carbons (Fsp3) is 0.591. The third kappa shape index (κ3) is 6.80. The fourth-order valence-corrected chi connectivity index (χ4v) is 4.09. The molecule has 1 aromatic rings. The summed E-state index contributed by atoms with van der Waals surface area (Å²) in [6.45, 7) is 2.50. The number of para-hydroxylation sites is 1. The summed E-state index contributed by atoms with van der Waals surface area (Å²) in [5.74, 6) is 0.553. The van der Waals surface area contributed by atoms with Gasteiger partial charge in [-0.25, -0.2) is 0 Å². The number of carbonyl (C=O) groups is 1. The Morgan fingerprint density at radius 2 is 2.07 bits per heavy atom. The number of ether oxygens (including phenoxy) is 2. The average molecular weight is 411 g/mol. The minimum Gasteiger partial charge on any atom is -0.493 e. The lowest BCUT2D eigenvalue weighted by molar-refractivity contribution is -0.143. The van der Waals surface area contributed by atoms with E-state index in [4.69, 9.17) is 21.1 Å². The molecule has 0 aromatic heterocycles. The highest BCUT2D eigenvalue weighted by atomic mass is 35.5. The summed E-state index contributed by atoms with van der Waals surface area (Å²) < 4.78 is 10.8. The summed E-state index contributed by atoms with van der Waals surface area (Å²) in [5.41, 5.74) is 0.732. The first-order chi connectivity index (χ1) is 13.6. The van der Waals surface area contributed by atoms with Crippen LogP contribution in [0.15, 0.2) is 36.4 Å². The molecular weight excluding hydrogens is 380 g/mol. The largest absolute Gasteiger partial charge is 0.493 e. The van der Waals surface area contributed by atoms with Gasteiger partial charge in [-0.15, -0.1) is 11.6 Å². The molecule has 0 amide bonds. The lowest BCUT2D eigenvalue weighted by Gasteiger charge is -2.23. The number of carbonyl (C=O) groups excluding carboxylic acids is 1. The monoisotopic (exact) mass is 410 g/mol. The van der Waals surface area contributed by atoms with Crippen LogP contribution in [0.2, 0.25) is 0 Å². The number of hydrogen-bond donors (Lipinski definition) is 2. The second-order valence-corrected chi connectivity index (χ2v) is 7.69. The maximum absolute atomic E-state index is 11.3. The molecule has 6 heteroatoms. The van der Waals surface area contributed by atoms with Crippen molar-refractivity contribution < 1.29 is 24.5 Å². The summed E-state index contributed by atoms with van der Waals surface area (Å²) in [6.07, 6.45) is 6.97. The van der Waals surface area contributed by atoms with Crippen molar-refractivity contribution in [1.29, 1.82) is 0 Å². The first-order valence-electron chi connectivity index (χ1n) is 10.0. The van der Waals surface area contributed by atoms with Crippen LogP contribution < -0.4 is 4.74 Å². The molecule has 28 heavy (non-hydrogen) atoms. The highest BCUT2D eigenvalue weighted by molar-refractivity contribution is 6.21. The lowest BCUT2D eigenvalue weighted by Crippen LogP contribution is -2.27. The quantitative estimate of drug-likeness (QED) is 0.251. The van der Waals surface area contributed by atoms with Gasteiger partial charge in [0.1, 0.15) is 5.75 Å². The second kappa shape index (κ2) is 12.1. The van der Waals surface area contributed by atoms with Gasteiger partial charge in [0.2, 0.25) is 0 Å². The van der Waals surface area contributed by atoms with E-state index in [2.05, 4.69) is 12.2 Å². The van der Waals surface area contributed by atoms with Crippen molar-refractivity contribution in [3.63, 3.8) is 0 Å². The van der Waals surface area contributed by atoms with Crippen molar-refractivity contribution in [2.24, 2.45) is 11.8 Å². The van der Waals surface area contributed by atoms with Crippen molar-refractivity contribution in [2.45, 2.75) is 57.1 Å². The molecule has 0 spiro atoms. The van der Waals surface area contributed by atoms with E-state index in [1.165, 1.54) is 0 Å². The van der Waals surface area contributed by atoms with Crippen LogP contribution in [-0.4, -0.2) is 40.9 Å². The van der Waals surface area contributed by atoms with Crippen molar-refractivity contribution in [3.05, 3.63) is 42.0 Å². The third-order valence-electron chi connectivity index (χ3n) is 5.18. The molecule has 1 aliphatic carbocycles. The number of allylic oxidation sites excluding steroid dienone is 2. The van der Waals surface area contributed by atoms with E-state index in [1.807, 2.05) is 24.3 Å². The third-order valence-corrected chi connectivity index (χ3v) is 5.68. The van der Waals surface area contributed by atoms with E-state index in [-0.39, 0.29) is 29.8 Å². The molecular formula is C22H31ClO5. The molecule has 5 nitrogen and oxygen atoms in total. The van der Waals surface area contributed by atoms with Gasteiger partial charge < -0.3 is 19.7 Å². The van der Waals surface area contributed by atoms with Crippen molar-refractivity contribution >= 4 is 17.6 Å². The van der Waals surface area contributed by atoms with Gasteiger partial charge in [-0.05, 0) is 44.6 Å². The summed E-state index contributed by atoms with van der Waals surface area (Å²) in [4.78, 5) is 11.3. The van der Waals surface area contributed by atoms with Crippen LogP contribution in [0.5, 0.6) is 5.75 Å². The number of esters is 1. The molecule has 4 atom stereocenters. The molecule has 1 aromatic carbocycles. The number of aliphatic hydroxyl groups is 2. The summed E-state index contributed by atoms with van der Waals surface area (Å²) in [6, 6.07) is 7.36. The number of aliphatic hydroxyl groups excluding tert-OH is 2. The molecule has 2 N–H and O–H groups in total. The topological polar surface area (TPSA) is 76.0 Å². The number of benzene rings is 1. The number of hydrogen-bond acceptors (Lipinski definition) is 5. The Labute approximate surface area is 172 Å². The van der Waals surface area contributed by atoms with Gasteiger partial charge >= 0.3 is 5.97 Å². The van der Waals surface area contributed by atoms with Crippen molar-refractivity contribution in [3.8, 4) is 5.75 Å². The second-order valence-electron chi connectivity index (χ2n) is 7.13. The fourth-order valence-electron chi connectivity index (χ4n) is 3.62. The van der Waals surface area contributed by atoms with E-state index in [0.717, 1.165) is 24.8 Å². The van der Waals surface area contributed by atoms with Gasteiger partial charge in [-0.2, -0.15) is 0 Å². The van der Waals surface area contributed by atoms with Gasteiger partial charge in [0.15, 0.2) is 0 Å². The van der Waals surface area contributed by atoms with E-state index in [0.29, 0.717) is 31.8 Å². The molecule has 156 valence electrons. The summed E-state index contributed by atoms with van der Waals surface area (Å²) in [5, 5.41) is 19.7. The number of halogens is 1. The highest BCUT2D eigenvalue weighted by Crippen LogP contribution is 2.39. The predicted octanol–water partition coefficient (Wildman–Crippen LogP) is 3.84. The van der Waals surface area contributed by atoms with Crippen LogP contribution in [0.3, 0.4) is 0 Å². The molecule has 0 unspecified atom stereocenters. The summed E-state index contributed by atoms with van der Waals surface area (Å²) >= 11 is 6.47. The van der Waals surface area contributed by atoms with Gasteiger partial charge in [0.05, 0.1) is 25.9 Å².